The highest BCUT2D eigenvalue weighted by Crippen LogP contribution is 2.02. The molecule has 0 bridgehead atoms. The van der Waals surface area contributed by atoms with E-state index in [4.69, 9.17) is 22.9 Å². The van der Waals surface area contributed by atoms with E-state index in [9.17, 15) is 9.59 Å². The van der Waals surface area contributed by atoms with E-state index in [-0.39, 0.29) is 17.8 Å². The van der Waals surface area contributed by atoms with Gasteiger partial charge in [-0.3, -0.25) is 14.6 Å². The molecule has 0 rings (SSSR count). The second-order valence-corrected chi connectivity index (χ2v) is 4.68. The molecule has 2 atom stereocenters. The zero-order valence-electron chi connectivity index (χ0n) is 11.4. The Morgan fingerprint density at radius 2 is 1.79 bits per heavy atom. The first-order valence-corrected chi connectivity index (χ1v) is 6.16. The summed E-state index contributed by atoms with van der Waals surface area (Å²) in [6.45, 7) is 4.02. The smallest absolute Gasteiger partial charge is 0.240 e. The Hall–Kier alpha value is -1.83. The van der Waals surface area contributed by atoms with Crippen LogP contribution in [0.5, 0.6) is 0 Å². The SMILES string of the molecule is CC(C)[C@H](N)C(=O)N[C@@H](CCCN=C(N)N)C(N)=O. The van der Waals surface area contributed by atoms with Gasteiger partial charge < -0.3 is 28.3 Å². The highest BCUT2D eigenvalue weighted by atomic mass is 16.2. The summed E-state index contributed by atoms with van der Waals surface area (Å²) in [5, 5.41) is 2.54. The fourth-order valence-corrected chi connectivity index (χ4v) is 1.36. The predicted octanol–water partition coefficient (Wildman–Crippen LogP) is -2.01. The van der Waals surface area contributed by atoms with Crippen molar-refractivity contribution in [3.8, 4) is 0 Å². The number of amides is 2. The number of hydrogen-bond donors (Lipinski definition) is 5. The van der Waals surface area contributed by atoms with E-state index in [1.54, 1.807) is 0 Å². The van der Waals surface area contributed by atoms with Gasteiger partial charge in [-0.1, -0.05) is 13.8 Å². The molecule has 0 aromatic carbocycles. The summed E-state index contributed by atoms with van der Waals surface area (Å²) >= 11 is 0. The van der Waals surface area contributed by atoms with E-state index in [1.807, 2.05) is 13.8 Å². The van der Waals surface area contributed by atoms with Crippen molar-refractivity contribution in [1.82, 2.24) is 5.32 Å². The van der Waals surface area contributed by atoms with Crippen LogP contribution in [0.4, 0.5) is 0 Å². The molecule has 2 amide bonds. The lowest BCUT2D eigenvalue weighted by Crippen LogP contribution is -2.51. The average Bonchev–Trinajstić information content (AvgIpc) is 2.30. The standard InChI is InChI=1S/C11H24N6O2/c1-6(2)8(12)10(19)17-7(9(13)18)4-3-5-16-11(14)15/h6-8H,3-5,12H2,1-2H3,(H2,13,18)(H,17,19)(H4,14,15,16)/t7-,8-/m0/s1. The molecule has 0 aliphatic heterocycles. The summed E-state index contributed by atoms with van der Waals surface area (Å²) in [7, 11) is 0. The van der Waals surface area contributed by atoms with Gasteiger partial charge in [0.05, 0.1) is 6.04 Å². The van der Waals surface area contributed by atoms with Crippen LogP contribution in [0.15, 0.2) is 4.99 Å². The zero-order chi connectivity index (χ0) is 15.0. The first-order chi connectivity index (χ1) is 8.75. The Morgan fingerprint density at radius 1 is 1.21 bits per heavy atom. The maximum absolute atomic E-state index is 11.7. The zero-order valence-corrected chi connectivity index (χ0v) is 11.4. The molecule has 19 heavy (non-hydrogen) atoms. The maximum Gasteiger partial charge on any atom is 0.240 e. The van der Waals surface area contributed by atoms with Crippen LogP contribution in [0.25, 0.3) is 0 Å². The number of carbonyl (C=O) groups is 2. The summed E-state index contributed by atoms with van der Waals surface area (Å²) in [5.74, 6) is -1.02. The van der Waals surface area contributed by atoms with Crippen LogP contribution in [0.2, 0.25) is 0 Å². The summed E-state index contributed by atoms with van der Waals surface area (Å²) in [5.41, 5.74) is 21.3. The minimum atomic E-state index is -0.758. The topological polar surface area (TPSA) is 163 Å². The first-order valence-electron chi connectivity index (χ1n) is 6.16. The van der Waals surface area contributed by atoms with Gasteiger partial charge in [-0.15, -0.1) is 0 Å². The third kappa shape index (κ3) is 7.24. The van der Waals surface area contributed by atoms with Crippen molar-refractivity contribution in [1.29, 1.82) is 0 Å². The van der Waals surface area contributed by atoms with Gasteiger partial charge in [-0.05, 0) is 18.8 Å². The fourth-order valence-electron chi connectivity index (χ4n) is 1.36. The molecule has 8 heteroatoms. The quantitative estimate of drug-likeness (QED) is 0.195. The summed E-state index contributed by atoms with van der Waals surface area (Å²) in [4.78, 5) is 26.7. The van der Waals surface area contributed by atoms with Crippen LogP contribution in [0, 0.1) is 5.92 Å². The number of rotatable bonds is 8. The Kier molecular flexibility index (Phi) is 7.50. The molecular weight excluding hydrogens is 248 g/mol. The van der Waals surface area contributed by atoms with Crippen molar-refractivity contribution in [2.45, 2.75) is 38.8 Å². The van der Waals surface area contributed by atoms with E-state index in [2.05, 4.69) is 10.3 Å². The Labute approximate surface area is 113 Å². The number of aliphatic imine (C=N–C) groups is 1. The van der Waals surface area contributed by atoms with Crippen LogP contribution in [-0.4, -0.2) is 36.4 Å². The van der Waals surface area contributed by atoms with Gasteiger partial charge in [0.2, 0.25) is 11.8 Å². The van der Waals surface area contributed by atoms with Crippen LogP contribution in [-0.2, 0) is 9.59 Å². The Balaban J connectivity index is 4.31. The highest BCUT2D eigenvalue weighted by molar-refractivity contribution is 5.88. The van der Waals surface area contributed by atoms with Gasteiger partial charge in [0.25, 0.3) is 0 Å². The van der Waals surface area contributed by atoms with Crippen molar-refractivity contribution < 1.29 is 9.59 Å². The van der Waals surface area contributed by atoms with E-state index in [0.717, 1.165) is 0 Å². The van der Waals surface area contributed by atoms with E-state index < -0.39 is 18.0 Å². The van der Waals surface area contributed by atoms with E-state index >= 15 is 0 Å². The van der Waals surface area contributed by atoms with Crippen LogP contribution < -0.4 is 28.3 Å². The molecule has 0 spiro atoms. The second kappa shape index (κ2) is 8.30. The third-order valence-corrected chi connectivity index (χ3v) is 2.63. The number of nitrogens with zero attached hydrogens (tertiary/aromatic N) is 1. The van der Waals surface area contributed by atoms with Gasteiger partial charge >= 0.3 is 0 Å². The van der Waals surface area contributed by atoms with Crippen LogP contribution >= 0.6 is 0 Å². The molecule has 0 saturated heterocycles. The number of nitrogens with two attached hydrogens (primary N) is 4. The molecular formula is C11H24N6O2. The Morgan fingerprint density at radius 3 is 2.21 bits per heavy atom. The van der Waals surface area contributed by atoms with Gasteiger partial charge in [0, 0.05) is 6.54 Å². The highest BCUT2D eigenvalue weighted by Gasteiger charge is 2.23. The lowest BCUT2D eigenvalue weighted by Gasteiger charge is -2.20. The molecule has 0 aromatic rings. The fraction of sp³-hybridized carbons (Fsp3) is 0.727. The predicted molar refractivity (Wildman–Crippen MR) is 73.8 cm³/mol. The monoisotopic (exact) mass is 272 g/mol. The molecule has 8 nitrogen and oxygen atoms in total. The second-order valence-electron chi connectivity index (χ2n) is 4.68. The average molecular weight is 272 g/mol. The van der Waals surface area contributed by atoms with Crippen molar-refractivity contribution in [2.24, 2.45) is 33.8 Å². The van der Waals surface area contributed by atoms with Crippen LogP contribution in [0.1, 0.15) is 26.7 Å². The van der Waals surface area contributed by atoms with Crippen molar-refractivity contribution in [3.63, 3.8) is 0 Å². The summed E-state index contributed by atoms with van der Waals surface area (Å²) in [6.07, 6.45) is 0.894. The Bertz CT molecular complexity index is 338. The number of guanidine groups is 1. The van der Waals surface area contributed by atoms with Gasteiger partial charge in [0.1, 0.15) is 6.04 Å². The molecule has 0 radical (unpaired) electrons. The summed E-state index contributed by atoms with van der Waals surface area (Å²) < 4.78 is 0. The molecule has 0 aromatic heterocycles. The van der Waals surface area contributed by atoms with E-state index in [0.29, 0.717) is 19.4 Å². The van der Waals surface area contributed by atoms with Crippen molar-refractivity contribution in [3.05, 3.63) is 0 Å². The molecule has 0 heterocycles. The third-order valence-electron chi connectivity index (χ3n) is 2.63. The molecule has 110 valence electrons. The van der Waals surface area contributed by atoms with Gasteiger partial charge in [-0.2, -0.15) is 0 Å². The molecule has 0 fully saturated rings. The van der Waals surface area contributed by atoms with Gasteiger partial charge in [-0.25, -0.2) is 0 Å². The summed E-state index contributed by atoms with van der Waals surface area (Å²) in [6, 6.07) is -1.42. The lowest BCUT2D eigenvalue weighted by atomic mass is 10.0. The normalized spacial score (nSPS) is 13.7. The molecule has 9 N–H and O–H groups in total. The molecule has 0 aliphatic rings. The minimum Gasteiger partial charge on any atom is -0.370 e. The minimum absolute atomic E-state index is 0.0125. The molecule has 0 aliphatic carbocycles. The molecule has 0 unspecified atom stereocenters. The van der Waals surface area contributed by atoms with E-state index in [1.165, 1.54) is 0 Å². The number of primary amides is 1. The maximum atomic E-state index is 11.7. The van der Waals surface area contributed by atoms with Crippen molar-refractivity contribution in [2.75, 3.05) is 6.54 Å². The van der Waals surface area contributed by atoms with Gasteiger partial charge in [0.15, 0.2) is 5.96 Å². The largest absolute Gasteiger partial charge is 0.370 e. The number of carbonyl (C=O) groups excluding carboxylic acids is 2. The lowest BCUT2D eigenvalue weighted by molar-refractivity contribution is -0.128. The van der Waals surface area contributed by atoms with Crippen molar-refractivity contribution >= 4 is 17.8 Å². The molecule has 0 saturated carbocycles. The number of nitrogens with one attached hydrogen (secondary N) is 1. The number of hydrogen-bond acceptors (Lipinski definition) is 4. The van der Waals surface area contributed by atoms with Crippen LogP contribution in [0.3, 0.4) is 0 Å². The first kappa shape index (κ1) is 17.2.